The number of halogens is 4. The van der Waals surface area contributed by atoms with Crippen molar-refractivity contribution in [2.75, 3.05) is 12.4 Å². The van der Waals surface area contributed by atoms with Crippen molar-refractivity contribution in [1.29, 1.82) is 0 Å². The number of rotatable bonds is 9. The Morgan fingerprint density at radius 3 is 2.48 bits per heavy atom. The van der Waals surface area contributed by atoms with Crippen LogP contribution in [0, 0.1) is 5.82 Å². The molecule has 3 N–H and O–H groups in total. The number of hydrogen-bond donors (Lipinski definition) is 2. The van der Waals surface area contributed by atoms with Crippen LogP contribution < -0.4 is 21.3 Å². The van der Waals surface area contributed by atoms with E-state index in [1.54, 1.807) is 13.0 Å². The highest BCUT2D eigenvalue weighted by Gasteiger charge is 2.24. The summed E-state index contributed by atoms with van der Waals surface area (Å²) in [5.74, 6) is -2.95. The maximum Gasteiger partial charge on any atom is 0.298 e. The summed E-state index contributed by atoms with van der Waals surface area (Å²) < 4.78 is 51.8. The van der Waals surface area contributed by atoms with Crippen molar-refractivity contribution in [2.24, 2.45) is 5.73 Å². The lowest BCUT2D eigenvalue weighted by Crippen LogP contribution is -2.32. The number of nitrogens with one attached hydrogen (secondary N) is 1. The van der Waals surface area contributed by atoms with Crippen LogP contribution in [-0.4, -0.2) is 28.6 Å². The van der Waals surface area contributed by atoms with Gasteiger partial charge >= 0.3 is 0 Å². The standard InChI is InChI=1S/C27H22ClF3N4O5/c1-3-21(27(38)33-14-5-7-16(26(32)37)19(29)9-14)35-12-23(39-2)18(10-24(35)36)17-8-13(28)4-6-15(17)20-11-22(25(30)31)40-34-20/h4-12,21,25H,3H2,1-2H3,(H2,32,37)(H,33,38). The summed E-state index contributed by atoms with van der Waals surface area (Å²) in [5, 5.41) is 6.54. The van der Waals surface area contributed by atoms with Crippen molar-refractivity contribution in [3.05, 3.63) is 87.2 Å². The third-order valence-corrected chi connectivity index (χ3v) is 6.32. The van der Waals surface area contributed by atoms with E-state index in [9.17, 15) is 27.6 Å². The van der Waals surface area contributed by atoms with Gasteiger partial charge in [0.25, 0.3) is 17.9 Å². The number of ether oxygens (including phenoxy) is 1. The number of anilines is 1. The summed E-state index contributed by atoms with van der Waals surface area (Å²) in [6.07, 6.45) is -1.36. The molecule has 9 nitrogen and oxygen atoms in total. The maximum atomic E-state index is 14.2. The molecule has 13 heteroatoms. The van der Waals surface area contributed by atoms with Gasteiger partial charge in [-0.1, -0.05) is 29.7 Å². The predicted molar refractivity (Wildman–Crippen MR) is 141 cm³/mol. The Balaban J connectivity index is 1.73. The molecular weight excluding hydrogens is 553 g/mol. The Labute approximate surface area is 230 Å². The van der Waals surface area contributed by atoms with Crippen molar-refractivity contribution in [3.63, 3.8) is 0 Å². The van der Waals surface area contributed by atoms with Crippen LogP contribution in [0.3, 0.4) is 0 Å². The van der Waals surface area contributed by atoms with Crippen molar-refractivity contribution in [2.45, 2.75) is 25.8 Å². The summed E-state index contributed by atoms with van der Waals surface area (Å²) in [5.41, 5.74) is 5.30. The normalized spacial score (nSPS) is 11.9. The second-order valence-electron chi connectivity index (χ2n) is 8.58. The summed E-state index contributed by atoms with van der Waals surface area (Å²) in [6.45, 7) is 1.67. The Morgan fingerprint density at radius 1 is 1.12 bits per heavy atom. The van der Waals surface area contributed by atoms with Gasteiger partial charge in [-0.2, -0.15) is 0 Å². The molecule has 0 fully saturated rings. The number of carbonyl (C=O) groups is 2. The van der Waals surface area contributed by atoms with Gasteiger partial charge in [0.1, 0.15) is 23.3 Å². The van der Waals surface area contributed by atoms with E-state index in [1.807, 2.05) is 0 Å². The fraction of sp³-hybridized carbons (Fsp3) is 0.185. The summed E-state index contributed by atoms with van der Waals surface area (Å²) in [7, 11) is 1.35. The molecule has 0 aliphatic heterocycles. The Kier molecular flexibility index (Phi) is 8.29. The molecule has 0 aliphatic carbocycles. The highest BCUT2D eigenvalue weighted by atomic mass is 35.5. The van der Waals surface area contributed by atoms with Gasteiger partial charge in [-0.25, -0.2) is 13.2 Å². The van der Waals surface area contributed by atoms with Crippen LogP contribution in [0.5, 0.6) is 5.75 Å². The second kappa shape index (κ2) is 11.7. The molecule has 0 spiro atoms. The van der Waals surface area contributed by atoms with E-state index in [4.69, 9.17) is 26.6 Å². The SMILES string of the molecule is CCC(C(=O)Nc1ccc(C(N)=O)c(F)c1)n1cc(OC)c(-c2cc(Cl)ccc2-c2cc(C(F)F)on2)cc1=O. The molecule has 1 atom stereocenters. The lowest BCUT2D eigenvalue weighted by Gasteiger charge is -2.20. The van der Waals surface area contributed by atoms with Crippen molar-refractivity contribution in [3.8, 4) is 28.1 Å². The average Bonchev–Trinajstić information content (AvgIpc) is 3.40. The van der Waals surface area contributed by atoms with Crippen LogP contribution in [0.25, 0.3) is 22.4 Å². The molecule has 0 radical (unpaired) electrons. The quantitative estimate of drug-likeness (QED) is 0.268. The molecule has 0 saturated heterocycles. The van der Waals surface area contributed by atoms with Crippen LogP contribution in [-0.2, 0) is 4.79 Å². The molecule has 0 bridgehead atoms. The van der Waals surface area contributed by atoms with E-state index < -0.39 is 41.4 Å². The van der Waals surface area contributed by atoms with Crippen LogP contribution in [0.1, 0.15) is 41.9 Å². The topological polar surface area (TPSA) is 129 Å². The van der Waals surface area contributed by atoms with Gasteiger partial charge in [-0.15, -0.1) is 0 Å². The lowest BCUT2D eigenvalue weighted by molar-refractivity contribution is -0.119. The van der Waals surface area contributed by atoms with Crippen LogP contribution >= 0.6 is 11.6 Å². The number of aromatic nitrogens is 2. The number of nitrogens with two attached hydrogens (primary N) is 1. The van der Waals surface area contributed by atoms with Gasteiger partial charge in [-0.05, 0) is 42.3 Å². The van der Waals surface area contributed by atoms with E-state index in [-0.39, 0.29) is 34.7 Å². The molecular formula is C27H22ClF3N4O5. The molecule has 2 aromatic heterocycles. The Morgan fingerprint density at radius 2 is 1.88 bits per heavy atom. The fourth-order valence-corrected chi connectivity index (χ4v) is 4.33. The third kappa shape index (κ3) is 5.71. The van der Waals surface area contributed by atoms with E-state index in [0.717, 1.165) is 22.8 Å². The largest absolute Gasteiger partial charge is 0.495 e. The first-order valence-corrected chi connectivity index (χ1v) is 12.2. The molecule has 0 saturated carbocycles. The van der Waals surface area contributed by atoms with E-state index in [2.05, 4.69) is 10.5 Å². The van der Waals surface area contributed by atoms with Gasteiger partial charge in [-0.3, -0.25) is 19.0 Å². The number of carbonyl (C=O) groups excluding carboxylic acids is 2. The summed E-state index contributed by atoms with van der Waals surface area (Å²) in [6, 6.07) is 9.26. The number of nitrogens with zero attached hydrogens (tertiary/aromatic N) is 2. The highest BCUT2D eigenvalue weighted by molar-refractivity contribution is 6.31. The second-order valence-corrected chi connectivity index (χ2v) is 9.01. The van der Waals surface area contributed by atoms with Crippen molar-refractivity contribution >= 4 is 29.1 Å². The van der Waals surface area contributed by atoms with Crippen LogP contribution in [0.4, 0.5) is 18.9 Å². The first-order valence-electron chi connectivity index (χ1n) is 11.8. The molecule has 2 aromatic carbocycles. The monoisotopic (exact) mass is 574 g/mol. The van der Waals surface area contributed by atoms with Gasteiger partial charge in [0.05, 0.1) is 18.9 Å². The number of benzene rings is 2. The van der Waals surface area contributed by atoms with Crippen molar-refractivity contribution in [1.82, 2.24) is 9.72 Å². The Hall–Kier alpha value is -4.58. The van der Waals surface area contributed by atoms with Gasteiger partial charge in [0.2, 0.25) is 11.7 Å². The molecule has 4 aromatic rings. The van der Waals surface area contributed by atoms with Crippen LogP contribution in [0.2, 0.25) is 5.02 Å². The van der Waals surface area contributed by atoms with Gasteiger partial charge < -0.3 is 20.3 Å². The smallest absolute Gasteiger partial charge is 0.298 e. The Bertz CT molecular complexity index is 1650. The van der Waals surface area contributed by atoms with Gasteiger partial charge in [0.15, 0.2) is 0 Å². The first-order chi connectivity index (χ1) is 19.0. The summed E-state index contributed by atoms with van der Waals surface area (Å²) in [4.78, 5) is 37.7. The predicted octanol–water partition coefficient (Wildman–Crippen LogP) is 5.60. The molecule has 1 unspecified atom stereocenters. The number of amides is 2. The third-order valence-electron chi connectivity index (χ3n) is 6.08. The number of pyridine rings is 1. The van der Waals surface area contributed by atoms with E-state index >= 15 is 0 Å². The molecule has 2 heterocycles. The number of primary amides is 1. The zero-order valence-corrected chi connectivity index (χ0v) is 21.8. The van der Waals surface area contributed by atoms with Crippen LogP contribution in [0.15, 0.2) is 64.0 Å². The number of alkyl halides is 2. The highest BCUT2D eigenvalue weighted by Crippen LogP contribution is 2.39. The molecule has 40 heavy (non-hydrogen) atoms. The van der Waals surface area contributed by atoms with E-state index in [1.165, 1.54) is 37.6 Å². The lowest BCUT2D eigenvalue weighted by atomic mass is 9.97. The maximum absolute atomic E-state index is 14.2. The minimum atomic E-state index is -2.87. The average molecular weight is 575 g/mol. The molecule has 4 rings (SSSR count). The number of methoxy groups -OCH3 is 1. The molecule has 208 valence electrons. The minimum Gasteiger partial charge on any atom is -0.495 e. The minimum absolute atomic E-state index is 0.0573. The zero-order chi connectivity index (χ0) is 29.1. The molecule has 0 aliphatic rings. The van der Waals surface area contributed by atoms with Gasteiger partial charge in [0, 0.05) is 34.0 Å². The zero-order valence-electron chi connectivity index (χ0n) is 21.1. The number of hydrogen-bond acceptors (Lipinski definition) is 6. The van der Waals surface area contributed by atoms with E-state index in [0.29, 0.717) is 16.1 Å². The fourth-order valence-electron chi connectivity index (χ4n) is 4.15. The molecule has 2 amide bonds. The van der Waals surface area contributed by atoms with Crippen molar-refractivity contribution < 1.29 is 32.0 Å². The summed E-state index contributed by atoms with van der Waals surface area (Å²) >= 11 is 6.21. The first kappa shape index (κ1) is 28.4.